The Labute approximate surface area is 85.5 Å². The van der Waals surface area contributed by atoms with E-state index in [1.807, 2.05) is 6.33 Å². The van der Waals surface area contributed by atoms with Gasteiger partial charge in [-0.3, -0.25) is 0 Å². The van der Waals surface area contributed by atoms with Crippen molar-refractivity contribution < 1.29 is 0 Å². The topological polar surface area (TPSA) is 29.9 Å². The standard InChI is InChI=1S/C11H19N3/c1-4-11(3)10-9(6-7-13-11)12-8-14(10)5-2/h8,13H,4-7H2,1-3H3. The first-order chi connectivity index (χ1) is 6.71. The molecule has 0 amide bonds. The zero-order chi connectivity index (χ0) is 10.2. The Kier molecular flexibility index (Phi) is 2.35. The Morgan fingerprint density at radius 1 is 1.57 bits per heavy atom. The first-order valence-electron chi connectivity index (χ1n) is 5.50. The van der Waals surface area contributed by atoms with Crippen molar-refractivity contribution in [3.63, 3.8) is 0 Å². The summed E-state index contributed by atoms with van der Waals surface area (Å²) < 4.78 is 2.27. The molecule has 1 atom stereocenters. The number of imidazole rings is 1. The Bertz CT molecular complexity index is 316. The number of aromatic nitrogens is 2. The molecule has 1 aromatic heterocycles. The van der Waals surface area contributed by atoms with Gasteiger partial charge in [-0.2, -0.15) is 0 Å². The monoisotopic (exact) mass is 193 g/mol. The summed E-state index contributed by atoms with van der Waals surface area (Å²) in [6.45, 7) is 8.75. The summed E-state index contributed by atoms with van der Waals surface area (Å²) in [5, 5.41) is 3.60. The second kappa shape index (κ2) is 3.39. The molecule has 0 saturated carbocycles. The van der Waals surface area contributed by atoms with Crippen molar-refractivity contribution in [3.05, 3.63) is 17.7 Å². The number of aryl methyl sites for hydroxylation is 1. The largest absolute Gasteiger partial charge is 0.333 e. The molecule has 3 nitrogen and oxygen atoms in total. The van der Waals surface area contributed by atoms with Crippen molar-refractivity contribution in [2.45, 2.75) is 45.7 Å². The molecule has 0 spiro atoms. The van der Waals surface area contributed by atoms with E-state index in [1.165, 1.54) is 11.4 Å². The maximum Gasteiger partial charge on any atom is 0.0952 e. The predicted octanol–water partition coefficient (Wildman–Crippen LogP) is 1.67. The van der Waals surface area contributed by atoms with Gasteiger partial charge in [0, 0.05) is 19.5 Å². The minimum absolute atomic E-state index is 0.125. The van der Waals surface area contributed by atoms with Crippen LogP contribution in [0.15, 0.2) is 6.33 Å². The van der Waals surface area contributed by atoms with E-state index in [9.17, 15) is 0 Å². The number of nitrogens with zero attached hydrogens (tertiary/aromatic N) is 2. The average molecular weight is 193 g/mol. The van der Waals surface area contributed by atoms with Crippen LogP contribution in [0.4, 0.5) is 0 Å². The van der Waals surface area contributed by atoms with E-state index >= 15 is 0 Å². The molecule has 0 aromatic carbocycles. The second-order valence-electron chi connectivity index (χ2n) is 4.19. The number of fused-ring (bicyclic) bond motifs is 1. The van der Waals surface area contributed by atoms with Crippen molar-refractivity contribution in [1.29, 1.82) is 0 Å². The Morgan fingerprint density at radius 2 is 2.36 bits per heavy atom. The third-order valence-corrected chi connectivity index (χ3v) is 3.36. The third-order valence-electron chi connectivity index (χ3n) is 3.36. The quantitative estimate of drug-likeness (QED) is 0.774. The van der Waals surface area contributed by atoms with Crippen molar-refractivity contribution in [2.24, 2.45) is 0 Å². The second-order valence-corrected chi connectivity index (χ2v) is 4.19. The van der Waals surface area contributed by atoms with Crippen LogP contribution in [0.5, 0.6) is 0 Å². The number of hydrogen-bond acceptors (Lipinski definition) is 2. The molecule has 1 aliphatic heterocycles. The van der Waals surface area contributed by atoms with E-state index < -0.39 is 0 Å². The van der Waals surface area contributed by atoms with Gasteiger partial charge in [0.2, 0.25) is 0 Å². The van der Waals surface area contributed by atoms with Crippen LogP contribution in [0.25, 0.3) is 0 Å². The first-order valence-corrected chi connectivity index (χ1v) is 5.50. The van der Waals surface area contributed by atoms with Gasteiger partial charge < -0.3 is 9.88 Å². The highest BCUT2D eigenvalue weighted by atomic mass is 15.1. The molecule has 2 heterocycles. The molecular weight excluding hydrogens is 174 g/mol. The normalized spacial score (nSPS) is 26.2. The van der Waals surface area contributed by atoms with E-state index in [0.717, 1.165) is 25.9 Å². The molecular formula is C11H19N3. The fourth-order valence-corrected chi connectivity index (χ4v) is 2.32. The minimum Gasteiger partial charge on any atom is -0.333 e. The lowest BCUT2D eigenvalue weighted by atomic mass is 9.88. The zero-order valence-corrected chi connectivity index (χ0v) is 9.30. The summed E-state index contributed by atoms with van der Waals surface area (Å²) in [7, 11) is 0. The van der Waals surface area contributed by atoms with Crippen LogP contribution in [-0.2, 0) is 18.5 Å². The predicted molar refractivity (Wildman–Crippen MR) is 57.3 cm³/mol. The third kappa shape index (κ3) is 1.27. The SMILES string of the molecule is CCn1cnc2c1C(C)(CC)NCC2. The molecule has 1 N–H and O–H groups in total. The summed E-state index contributed by atoms with van der Waals surface area (Å²) in [5.74, 6) is 0. The number of hydrogen-bond donors (Lipinski definition) is 1. The molecule has 14 heavy (non-hydrogen) atoms. The van der Waals surface area contributed by atoms with Gasteiger partial charge >= 0.3 is 0 Å². The van der Waals surface area contributed by atoms with Crippen LogP contribution < -0.4 is 5.32 Å². The highest BCUT2D eigenvalue weighted by molar-refractivity contribution is 5.25. The Balaban J connectivity index is 2.50. The molecule has 78 valence electrons. The smallest absolute Gasteiger partial charge is 0.0952 e. The minimum atomic E-state index is 0.125. The van der Waals surface area contributed by atoms with E-state index in [2.05, 4.69) is 35.6 Å². The molecule has 0 bridgehead atoms. The fourth-order valence-electron chi connectivity index (χ4n) is 2.32. The molecule has 3 heteroatoms. The van der Waals surface area contributed by atoms with Gasteiger partial charge in [-0.05, 0) is 20.3 Å². The molecule has 0 radical (unpaired) electrons. The maximum atomic E-state index is 4.49. The van der Waals surface area contributed by atoms with Gasteiger partial charge in [0.05, 0.1) is 23.3 Å². The molecule has 0 fully saturated rings. The summed E-state index contributed by atoms with van der Waals surface area (Å²) >= 11 is 0. The first kappa shape index (κ1) is 9.71. The molecule has 0 aliphatic carbocycles. The van der Waals surface area contributed by atoms with Crippen LogP contribution >= 0.6 is 0 Å². The van der Waals surface area contributed by atoms with E-state index in [0.29, 0.717) is 0 Å². The Hall–Kier alpha value is -0.830. The highest BCUT2D eigenvalue weighted by Gasteiger charge is 2.33. The van der Waals surface area contributed by atoms with Gasteiger partial charge in [-0.1, -0.05) is 6.92 Å². The molecule has 1 aromatic rings. The summed E-state index contributed by atoms with van der Waals surface area (Å²) in [5.41, 5.74) is 2.81. The lowest BCUT2D eigenvalue weighted by Gasteiger charge is -2.35. The summed E-state index contributed by atoms with van der Waals surface area (Å²) in [6.07, 6.45) is 4.16. The van der Waals surface area contributed by atoms with E-state index in [1.54, 1.807) is 0 Å². The van der Waals surface area contributed by atoms with Crippen molar-refractivity contribution in [3.8, 4) is 0 Å². The van der Waals surface area contributed by atoms with Crippen LogP contribution in [0.3, 0.4) is 0 Å². The van der Waals surface area contributed by atoms with Gasteiger partial charge in [-0.25, -0.2) is 4.98 Å². The fraction of sp³-hybridized carbons (Fsp3) is 0.727. The molecule has 1 unspecified atom stereocenters. The molecule has 2 rings (SSSR count). The van der Waals surface area contributed by atoms with Crippen LogP contribution in [0, 0.1) is 0 Å². The van der Waals surface area contributed by atoms with E-state index in [4.69, 9.17) is 0 Å². The average Bonchev–Trinajstić information content (AvgIpc) is 2.62. The number of rotatable bonds is 2. The number of nitrogens with one attached hydrogen (secondary N) is 1. The Morgan fingerprint density at radius 3 is 3.00 bits per heavy atom. The van der Waals surface area contributed by atoms with E-state index in [-0.39, 0.29) is 5.54 Å². The van der Waals surface area contributed by atoms with Crippen LogP contribution in [0.1, 0.15) is 38.6 Å². The lowest BCUT2D eigenvalue weighted by Crippen LogP contribution is -2.45. The van der Waals surface area contributed by atoms with Gasteiger partial charge in [0.25, 0.3) is 0 Å². The summed E-state index contributed by atoms with van der Waals surface area (Å²) in [6, 6.07) is 0. The van der Waals surface area contributed by atoms with Crippen molar-refractivity contribution in [1.82, 2.24) is 14.9 Å². The zero-order valence-electron chi connectivity index (χ0n) is 9.30. The highest BCUT2D eigenvalue weighted by Crippen LogP contribution is 2.30. The molecule has 0 saturated heterocycles. The van der Waals surface area contributed by atoms with Crippen LogP contribution in [0.2, 0.25) is 0 Å². The lowest BCUT2D eigenvalue weighted by molar-refractivity contribution is 0.313. The summed E-state index contributed by atoms with van der Waals surface area (Å²) in [4.78, 5) is 4.49. The maximum absolute atomic E-state index is 4.49. The van der Waals surface area contributed by atoms with Gasteiger partial charge in [-0.15, -0.1) is 0 Å². The van der Waals surface area contributed by atoms with Crippen LogP contribution in [-0.4, -0.2) is 16.1 Å². The van der Waals surface area contributed by atoms with Gasteiger partial charge in [0.1, 0.15) is 0 Å². The van der Waals surface area contributed by atoms with Gasteiger partial charge in [0.15, 0.2) is 0 Å². The van der Waals surface area contributed by atoms with Crippen molar-refractivity contribution in [2.75, 3.05) is 6.54 Å². The molecule has 1 aliphatic rings. The van der Waals surface area contributed by atoms with Crippen molar-refractivity contribution >= 4 is 0 Å².